The smallest absolute Gasteiger partial charge is 0.245 e. The number of aliphatic imine (C=N–C) groups is 2. The zero-order valence-corrected chi connectivity index (χ0v) is 60.2. The molecule has 0 saturated carbocycles. The second-order valence-corrected chi connectivity index (χ2v) is 26.6. The molecule has 0 spiro atoms. The maximum Gasteiger partial charge on any atom is 0.245 e. The molecule has 1 aliphatic heterocycles. The number of guanidine groups is 2. The normalized spacial score (nSPS) is 15.0. The van der Waals surface area contributed by atoms with Gasteiger partial charge in [-0.3, -0.25) is 62.7 Å². The van der Waals surface area contributed by atoms with E-state index in [1.807, 2.05) is 78.9 Å². The lowest BCUT2D eigenvalue weighted by atomic mass is 9.98. The van der Waals surface area contributed by atoms with Crippen LogP contribution in [0.5, 0.6) is 5.75 Å². The van der Waals surface area contributed by atoms with Gasteiger partial charge in [-0.25, -0.2) is 0 Å². The SMILES string of the molecule is CC(=O)N[C@H](Cc1ccc2ccccc2c1)C(=O)N[C@H](Cc1ccc2ccccc2c1)C(=O)N[C@H](Cc1ccccc1)C(=O)N[C@@H](CO)C(=O)N[C@@H](Cc1ccc(O)cc1)C(=O)N[C@H](CCCN=C(N)N)C(=O)N[C@@H](Cc1ccccc1)C(=O)N[C@@H](CCCN=C(N)N)C(=O)N1CCC[C@H]1C(=O)N[C@H](C)C(N)=O. The zero-order chi connectivity index (χ0) is 77.8. The summed E-state index contributed by atoms with van der Waals surface area (Å²) in [5.41, 5.74) is 30.8. The standard InChI is InChI=1S/C78H95N17O13/c1-46(67(79)99)86-75(107)66-26-15-37-95(66)76(108)59(25-14-36-85-78(82)83)89-71(103)61(40-48-16-5-3-6-17-48)90-68(100)58(24-13-35-84-77(80)81)88-70(102)63(42-50-29-33-57(98)34-30-50)93-74(106)65(45-96)94-73(105)62(41-49-18-7-4-8-19-49)91-72(104)64(44-52-28-32-54-21-10-12-23-56(54)39-52)92-69(101)60(87-47(2)97)43-51-27-31-53-20-9-11-22-55(53)38-51/h3-12,16-23,27-34,38-39,46,58-66,96,98H,13-15,24-26,35-37,40-45H2,1-2H3,(H2,79,99)(H,86,107)(H,87,97)(H,88,102)(H,89,103)(H,90,100)(H,91,104)(H,92,101)(H,93,106)(H,94,105)(H4,80,81,84)(H4,82,83,85)/t46-,58-,59+,60-,61+,62-,63+,64-,65+,66+/m1/s1. The van der Waals surface area contributed by atoms with Crippen molar-refractivity contribution in [3.63, 3.8) is 0 Å². The van der Waals surface area contributed by atoms with Crippen molar-refractivity contribution in [3.8, 4) is 5.75 Å². The number of likely N-dealkylation sites (tertiary alicyclic amines) is 1. The number of carbonyl (C=O) groups excluding carboxylic acids is 11. The second-order valence-electron chi connectivity index (χ2n) is 26.6. The van der Waals surface area contributed by atoms with Crippen molar-refractivity contribution in [2.24, 2.45) is 38.7 Å². The lowest BCUT2D eigenvalue weighted by Crippen LogP contribution is -2.61. The fourth-order valence-corrected chi connectivity index (χ4v) is 12.6. The molecule has 30 nitrogen and oxygen atoms in total. The third-order valence-electron chi connectivity index (χ3n) is 18.3. The Morgan fingerprint density at radius 2 is 0.778 bits per heavy atom. The van der Waals surface area contributed by atoms with Crippen molar-refractivity contribution in [3.05, 3.63) is 198 Å². The van der Waals surface area contributed by atoms with Crippen molar-refractivity contribution in [2.45, 2.75) is 145 Å². The van der Waals surface area contributed by atoms with Crippen LogP contribution >= 0.6 is 0 Å². The van der Waals surface area contributed by atoms with Crippen LogP contribution in [0.15, 0.2) is 180 Å². The topological polar surface area (TPSA) is 495 Å². The van der Waals surface area contributed by atoms with Crippen LogP contribution in [-0.2, 0) is 84.8 Å². The van der Waals surface area contributed by atoms with Gasteiger partial charge in [0.25, 0.3) is 0 Å². The maximum absolute atomic E-state index is 15.1. The predicted molar refractivity (Wildman–Crippen MR) is 407 cm³/mol. The van der Waals surface area contributed by atoms with E-state index in [1.165, 1.54) is 43.0 Å². The summed E-state index contributed by atoms with van der Waals surface area (Å²) < 4.78 is 0. The van der Waals surface area contributed by atoms with Gasteiger partial charge in [-0.2, -0.15) is 0 Å². The van der Waals surface area contributed by atoms with Crippen LogP contribution < -0.4 is 76.5 Å². The largest absolute Gasteiger partial charge is 0.508 e. The van der Waals surface area contributed by atoms with Crippen LogP contribution in [0, 0.1) is 0 Å². The van der Waals surface area contributed by atoms with Crippen molar-refractivity contribution >= 4 is 98.4 Å². The number of nitrogens with two attached hydrogens (primary N) is 5. The van der Waals surface area contributed by atoms with Gasteiger partial charge in [0.15, 0.2) is 11.9 Å². The molecule has 0 unspecified atom stereocenters. The third-order valence-corrected chi connectivity index (χ3v) is 18.3. The second kappa shape index (κ2) is 40.1. The molecule has 570 valence electrons. The Morgan fingerprint density at radius 3 is 1.20 bits per heavy atom. The average molecular weight is 1480 g/mol. The first-order chi connectivity index (χ1) is 51.8. The monoisotopic (exact) mass is 1480 g/mol. The number of aliphatic hydroxyl groups excluding tert-OH is 1. The minimum absolute atomic E-state index is 0.0423. The zero-order valence-electron chi connectivity index (χ0n) is 60.2. The van der Waals surface area contributed by atoms with Gasteiger partial charge in [-0.15, -0.1) is 0 Å². The molecule has 0 aliphatic carbocycles. The molecule has 1 fully saturated rings. The van der Waals surface area contributed by atoms with E-state index in [9.17, 15) is 48.6 Å². The first kappa shape index (κ1) is 81.2. The molecule has 21 N–H and O–H groups in total. The van der Waals surface area contributed by atoms with Crippen molar-refractivity contribution in [1.29, 1.82) is 0 Å². The summed E-state index contributed by atoms with van der Waals surface area (Å²) in [5.74, 6) is -9.60. The predicted octanol–water partition coefficient (Wildman–Crippen LogP) is 0.191. The molecule has 11 amide bonds. The molecule has 0 aromatic heterocycles. The van der Waals surface area contributed by atoms with E-state index in [0.29, 0.717) is 28.7 Å². The van der Waals surface area contributed by atoms with Crippen LogP contribution in [0.25, 0.3) is 21.5 Å². The summed E-state index contributed by atoms with van der Waals surface area (Å²) in [4.78, 5) is 166. The van der Waals surface area contributed by atoms with E-state index in [0.717, 1.165) is 27.1 Å². The molecule has 1 aliphatic rings. The summed E-state index contributed by atoms with van der Waals surface area (Å²) in [6.45, 7) is 1.72. The summed E-state index contributed by atoms with van der Waals surface area (Å²) in [6.07, 6.45) is -0.124. The third kappa shape index (κ3) is 24.8. The number of fused-ring (bicyclic) bond motifs is 2. The summed E-state index contributed by atoms with van der Waals surface area (Å²) >= 11 is 0. The van der Waals surface area contributed by atoms with E-state index in [4.69, 9.17) is 28.7 Å². The number of carbonyl (C=O) groups is 11. The molecule has 7 aromatic carbocycles. The van der Waals surface area contributed by atoms with E-state index < -0.39 is 132 Å². The quantitative estimate of drug-likeness (QED) is 0.0140. The van der Waals surface area contributed by atoms with Gasteiger partial charge >= 0.3 is 0 Å². The minimum Gasteiger partial charge on any atom is -0.508 e. The highest BCUT2D eigenvalue weighted by atomic mass is 16.3. The molecule has 0 bridgehead atoms. The number of aromatic hydroxyl groups is 1. The van der Waals surface area contributed by atoms with Crippen LogP contribution in [0.2, 0.25) is 0 Å². The number of phenolic OH excluding ortho intramolecular Hbond substituents is 1. The Labute approximate surface area is 624 Å². The highest BCUT2D eigenvalue weighted by Gasteiger charge is 2.40. The van der Waals surface area contributed by atoms with Crippen LogP contribution in [-0.4, -0.2) is 179 Å². The number of amides is 11. The molecule has 10 atom stereocenters. The number of nitrogens with one attached hydrogen (secondary N) is 9. The Kier molecular flexibility index (Phi) is 30.2. The Balaban J connectivity index is 1.05. The van der Waals surface area contributed by atoms with Gasteiger partial charge in [-0.05, 0) is 107 Å². The fourth-order valence-electron chi connectivity index (χ4n) is 12.6. The number of hydrogen-bond acceptors (Lipinski definition) is 15. The lowest BCUT2D eigenvalue weighted by molar-refractivity contribution is -0.142. The Morgan fingerprint density at radius 1 is 0.426 bits per heavy atom. The molecule has 7 aromatic rings. The highest BCUT2D eigenvalue weighted by molar-refractivity contribution is 6.00. The molecule has 1 saturated heterocycles. The first-order valence-corrected chi connectivity index (χ1v) is 35.6. The summed E-state index contributed by atoms with van der Waals surface area (Å²) in [7, 11) is 0. The molecular formula is C78H95N17O13. The lowest BCUT2D eigenvalue weighted by Gasteiger charge is -2.30. The van der Waals surface area contributed by atoms with Gasteiger partial charge in [0.1, 0.15) is 66.2 Å². The number of aliphatic hydroxyl groups is 1. The van der Waals surface area contributed by atoms with Crippen LogP contribution in [0.3, 0.4) is 0 Å². The first-order valence-electron chi connectivity index (χ1n) is 35.6. The fraction of sp³-hybridized carbons (Fsp3) is 0.346. The maximum atomic E-state index is 15.1. The minimum atomic E-state index is -1.83. The summed E-state index contributed by atoms with van der Waals surface area (Å²) in [6, 6.07) is 35.1. The molecule has 8 rings (SSSR count). The highest BCUT2D eigenvalue weighted by Crippen LogP contribution is 2.23. The molecule has 0 radical (unpaired) electrons. The van der Waals surface area contributed by atoms with Gasteiger partial charge in [-0.1, -0.05) is 158 Å². The van der Waals surface area contributed by atoms with E-state index >= 15 is 14.4 Å². The number of phenols is 1. The van der Waals surface area contributed by atoms with Crippen molar-refractivity contribution < 1.29 is 63.0 Å². The van der Waals surface area contributed by atoms with Gasteiger partial charge in [0.2, 0.25) is 65.0 Å². The van der Waals surface area contributed by atoms with Gasteiger partial charge in [0, 0.05) is 58.7 Å². The number of benzene rings is 7. The Hall–Kier alpha value is -12.5. The van der Waals surface area contributed by atoms with E-state index in [-0.39, 0.29) is 102 Å². The number of hydrogen-bond donors (Lipinski definition) is 16. The van der Waals surface area contributed by atoms with Crippen molar-refractivity contribution in [1.82, 2.24) is 52.8 Å². The van der Waals surface area contributed by atoms with Crippen LogP contribution in [0.1, 0.15) is 80.2 Å². The average Bonchev–Trinajstić information content (AvgIpc) is 1.53. The van der Waals surface area contributed by atoms with Gasteiger partial charge < -0.3 is 91.6 Å². The summed E-state index contributed by atoms with van der Waals surface area (Å²) in [5, 5.41) is 49.2. The van der Waals surface area contributed by atoms with Crippen LogP contribution in [0.4, 0.5) is 0 Å². The number of nitrogens with zero attached hydrogens (tertiary/aromatic N) is 3. The molecule has 30 heteroatoms. The van der Waals surface area contributed by atoms with E-state index in [1.54, 1.807) is 66.7 Å². The number of primary amides is 1. The van der Waals surface area contributed by atoms with Crippen molar-refractivity contribution in [2.75, 3.05) is 26.2 Å². The Bertz CT molecular complexity index is 4370. The molecule has 1 heterocycles. The molecule has 108 heavy (non-hydrogen) atoms. The van der Waals surface area contributed by atoms with Gasteiger partial charge in [0.05, 0.1) is 6.61 Å². The van der Waals surface area contributed by atoms with E-state index in [2.05, 4.69) is 57.8 Å². The number of rotatable bonds is 38. The molecular weight excluding hydrogens is 1380 g/mol.